The lowest BCUT2D eigenvalue weighted by Gasteiger charge is -2.36. The van der Waals surface area contributed by atoms with E-state index < -0.39 is 0 Å². The molecule has 0 atom stereocenters. The molecule has 130 valence electrons. The Kier molecular flexibility index (Phi) is 6.76. The van der Waals surface area contributed by atoms with Gasteiger partial charge in [0.15, 0.2) is 11.8 Å². The molecule has 0 amide bonds. The largest absolute Gasteiger partial charge is 0.353 e. The second-order valence-corrected chi connectivity index (χ2v) is 5.29. The van der Waals surface area contributed by atoms with Gasteiger partial charge in [0.05, 0.1) is 6.54 Å². The lowest BCUT2D eigenvalue weighted by Crippen LogP contribution is -2.52. The standard InChI is InChI=1S/C15H21N7O.HI/c1-12-19-13(20-23-12)11-18-15(16-2)22-9-7-21(8-10-22)14-5-3-4-6-17-14;/h3-6H,7-11H2,1-2H3,(H,16,18);1H. The van der Waals surface area contributed by atoms with E-state index in [-0.39, 0.29) is 24.0 Å². The molecule has 1 aliphatic heterocycles. The van der Waals surface area contributed by atoms with Gasteiger partial charge in [-0.05, 0) is 12.1 Å². The zero-order chi connectivity index (χ0) is 16.1. The van der Waals surface area contributed by atoms with E-state index >= 15 is 0 Å². The highest BCUT2D eigenvalue weighted by molar-refractivity contribution is 14.0. The number of nitrogens with zero attached hydrogens (tertiary/aromatic N) is 6. The molecular weight excluding hydrogens is 421 g/mol. The SMILES string of the molecule is CN=C(NCc1noc(C)n1)N1CCN(c2ccccn2)CC1.I. The quantitative estimate of drug-likeness (QED) is 0.435. The van der Waals surface area contributed by atoms with Gasteiger partial charge in [0.25, 0.3) is 0 Å². The molecule has 1 fully saturated rings. The van der Waals surface area contributed by atoms with Gasteiger partial charge in [-0.2, -0.15) is 4.98 Å². The molecule has 0 bridgehead atoms. The molecule has 0 radical (unpaired) electrons. The summed E-state index contributed by atoms with van der Waals surface area (Å²) in [5, 5.41) is 7.16. The van der Waals surface area contributed by atoms with Crippen molar-refractivity contribution >= 4 is 35.8 Å². The van der Waals surface area contributed by atoms with Gasteiger partial charge < -0.3 is 19.6 Å². The second kappa shape index (κ2) is 8.81. The number of hydrogen-bond acceptors (Lipinski definition) is 6. The van der Waals surface area contributed by atoms with Gasteiger partial charge in [-0.1, -0.05) is 11.2 Å². The van der Waals surface area contributed by atoms with Gasteiger partial charge in [-0.15, -0.1) is 24.0 Å². The molecule has 0 aliphatic carbocycles. The molecule has 3 heterocycles. The molecule has 1 N–H and O–H groups in total. The van der Waals surface area contributed by atoms with Crippen LogP contribution in [0.1, 0.15) is 11.7 Å². The van der Waals surface area contributed by atoms with E-state index in [0.29, 0.717) is 18.3 Å². The Morgan fingerprint density at radius 1 is 1.29 bits per heavy atom. The van der Waals surface area contributed by atoms with Crippen LogP contribution in [0.5, 0.6) is 0 Å². The van der Waals surface area contributed by atoms with Crippen molar-refractivity contribution in [2.24, 2.45) is 4.99 Å². The Labute approximate surface area is 158 Å². The van der Waals surface area contributed by atoms with E-state index in [4.69, 9.17) is 4.52 Å². The van der Waals surface area contributed by atoms with Crippen LogP contribution in [0.25, 0.3) is 0 Å². The zero-order valence-electron chi connectivity index (χ0n) is 13.8. The minimum absolute atomic E-state index is 0. The van der Waals surface area contributed by atoms with Crippen molar-refractivity contribution in [1.29, 1.82) is 0 Å². The van der Waals surface area contributed by atoms with Gasteiger partial charge in [-0.25, -0.2) is 4.98 Å². The second-order valence-electron chi connectivity index (χ2n) is 5.29. The average molecular weight is 443 g/mol. The number of nitrogens with one attached hydrogen (secondary N) is 1. The van der Waals surface area contributed by atoms with E-state index in [1.807, 2.05) is 24.4 Å². The highest BCUT2D eigenvalue weighted by atomic mass is 127. The summed E-state index contributed by atoms with van der Waals surface area (Å²) in [5.41, 5.74) is 0. The van der Waals surface area contributed by atoms with Crippen molar-refractivity contribution in [3.05, 3.63) is 36.1 Å². The monoisotopic (exact) mass is 443 g/mol. The fraction of sp³-hybridized carbons (Fsp3) is 0.467. The molecule has 0 aromatic carbocycles. The number of rotatable bonds is 3. The van der Waals surface area contributed by atoms with E-state index in [0.717, 1.165) is 38.0 Å². The minimum atomic E-state index is 0. The number of piperazine rings is 1. The number of guanidine groups is 1. The Hall–Kier alpha value is -1.91. The summed E-state index contributed by atoms with van der Waals surface area (Å²) in [4.78, 5) is 17.4. The van der Waals surface area contributed by atoms with E-state index in [1.54, 1.807) is 14.0 Å². The topological polar surface area (TPSA) is 82.7 Å². The molecule has 0 unspecified atom stereocenters. The third-order valence-corrected chi connectivity index (χ3v) is 3.74. The first-order chi connectivity index (χ1) is 11.3. The van der Waals surface area contributed by atoms with Crippen molar-refractivity contribution in [2.45, 2.75) is 13.5 Å². The van der Waals surface area contributed by atoms with Crippen LogP contribution in [-0.4, -0.2) is 59.2 Å². The number of hydrogen-bond donors (Lipinski definition) is 1. The lowest BCUT2D eigenvalue weighted by atomic mass is 10.3. The maximum atomic E-state index is 4.97. The molecular formula is C15H22IN7O. The van der Waals surface area contributed by atoms with Crippen LogP contribution < -0.4 is 10.2 Å². The summed E-state index contributed by atoms with van der Waals surface area (Å²) < 4.78 is 4.97. The van der Waals surface area contributed by atoms with Crippen molar-refractivity contribution < 1.29 is 4.52 Å². The molecule has 2 aromatic heterocycles. The molecule has 8 nitrogen and oxygen atoms in total. The first-order valence-corrected chi connectivity index (χ1v) is 7.67. The number of aromatic nitrogens is 3. The molecule has 24 heavy (non-hydrogen) atoms. The van der Waals surface area contributed by atoms with E-state index in [2.05, 4.69) is 35.2 Å². The molecule has 3 rings (SSSR count). The molecule has 0 spiro atoms. The summed E-state index contributed by atoms with van der Waals surface area (Å²) in [7, 11) is 1.79. The molecule has 1 aliphatic rings. The third kappa shape index (κ3) is 4.56. The number of halogens is 1. The van der Waals surface area contributed by atoms with Crippen molar-refractivity contribution in [1.82, 2.24) is 25.3 Å². The fourth-order valence-corrected chi connectivity index (χ4v) is 2.59. The smallest absolute Gasteiger partial charge is 0.223 e. The van der Waals surface area contributed by atoms with Crippen molar-refractivity contribution in [3.63, 3.8) is 0 Å². The highest BCUT2D eigenvalue weighted by Gasteiger charge is 2.20. The molecule has 0 saturated carbocycles. The Balaban J connectivity index is 0.00000208. The molecule has 2 aromatic rings. The predicted molar refractivity (Wildman–Crippen MR) is 103 cm³/mol. The number of anilines is 1. The van der Waals surface area contributed by atoms with Crippen LogP contribution in [0.3, 0.4) is 0 Å². The normalized spacial score (nSPS) is 15.2. The average Bonchev–Trinajstić information content (AvgIpc) is 3.02. The van der Waals surface area contributed by atoms with Gasteiger partial charge >= 0.3 is 0 Å². The van der Waals surface area contributed by atoms with Crippen LogP contribution in [0.15, 0.2) is 33.9 Å². The molecule has 9 heteroatoms. The van der Waals surface area contributed by atoms with Crippen LogP contribution in [0, 0.1) is 6.92 Å². The van der Waals surface area contributed by atoms with Crippen LogP contribution in [0.4, 0.5) is 5.82 Å². The first kappa shape index (κ1) is 18.4. The molecule has 1 saturated heterocycles. The Bertz CT molecular complexity index is 653. The Morgan fingerprint density at radius 2 is 2.08 bits per heavy atom. The van der Waals surface area contributed by atoms with Gasteiger partial charge in [-0.3, -0.25) is 4.99 Å². The van der Waals surface area contributed by atoms with Gasteiger partial charge in [0, 0.05) is 46.3 Å². The summed E-state index contributed by atoms with van der Waals surface area (Å²) in [5.74, 6) is 3.09. The summed E-state index contributed by atoms with van der Waals surface area (Å²) in [6.07, 6.45) is 1.83. The lowest BCUT2D eigenvalue weighted by molar-refractivity contribution is 0.368. The number of aliphatic imine (C=N–C) groups is 1. The summed E-state index contributed by atoms with van der Waals surface area (Å²) >= 11 is 0. The van der Waals surface area contributed by atoms with E-state index in [1.165, 1.54) is 0 Å². The maximum absolute atomic E-state index is 4.97. The Morgan fingerprint density at radius 3 is 2.67 bits per heavy atom. The third-order valence-electron chi connectivity index (χ3n) is 3.74. The fourth-order valence-electron chi connectivity index (χ4n) is 2.59. The first-order valence-electron chi connectivity index (χ1n) is 7.67. The van der Waals surface area contributed by atoms with Crippen molar-refractivity contribution in [2.75, 3.05) is 38.1 Å². The van der Waals surface area contributed by atoms with Gasteiger partial charge in [0.1, 0.15) is 5.82 Å². The summed E-state index contributed by atoms with van der Waals surface area (Å²) in [6.45, 7) is 5.90. The van der Waals surface area contributed by atoms with Gasteiger partial charge in [0.2, 0.25) is 5.89 Å². The predicted octanol–water partition coefficient (Wildman–Crippen LogP) is 1.29. The maximum Gasteiger partial charge on any atom is 0.223 e. The van der Waals surface area contributed by atoms with E-state index in [9.17, 15) is 0 Å². The number of aryl methyl sites for hydroxylation is 1. The highest BCUT2D eigenvalue weighted by Crippen LogP contribution is 2.12. The van der Waals surface area contributed by atoms with Crippen LogP contribution in [0.2, 0.25) is 0 Å². The minimum Gasteiger partial charge on any atom is -0.353 e. The zero-order valence-corrected chi connectivity index (χ0v) is 16.2. The number of pyridine rings is 1. The van der Waals surface area contributed by atoms with Crippen LogP contribution >= 0.6 is 24.0 Å². The summed E-state index contributed by atoms with van der Waals surface area (Å²) in [6, 6.07) is 5.99. The van der Waals surface area contributed by atoms with Crippen molar-refractivity contribution in [3.8, 4) is 0 Å². The van der Waals surface area contributed by atoms with Crippen LogP contribution in [-0.2, 0) is 6.54 Å².